The number of anilines is 1. The fourth-order valence-electron chi connectivity index (χ4n) is 1.56. The number of nitrogens with zero attached hydrogens (tertiary/aromatic N) is 1. The zero-order valence-electron chi connectivity index (χ0n) is 10.3. The number of rotatable bonds is 3. The normalized spacial score (nSPS) is 9.55. The number of hydrogen-bond acceptors (Lipinski definition) is 3. The number of carbonyl (C=O) groups is 2. The van der Waals surface area contributed by atoms with Crippen molar-refractivity contribution in [1.29, 1.82) is 0 Å². The summed E-state index contributed by atoms with van der Waals surface area (Å²) >= 11 is 0. The van der Waals surface area contributed by atoms with Gasteiger partial charge in [-0.3, -0.25) is 4.79 Å². The van der Waals surface area contributed by atoms with Crippen LogP contribution in [0.4, 0.5) is 5.69 Å². The van der Waals surface area contributed by atoms with Crippen LogP contribution >= 0.6 is 0 Å². The number of hydrogen-bond donors (Lipinski definition) is 2. The molecular formula is C15H10N2O3. The second-order valence-corrected chi connectivity index (χ2v) is 3.89. The van der Waals surface area contributed by atoms with Crippen LogP contribution < -0.4 is 5.32 Å². The lowest BCUT2D eigenvalue weighted by Gasteiger charge is -2.05. The Balaban J connectivity index is 2.22. The van der Waals surface area contributed by atoms with Crippen LogP contribution in [0.5, 0.6) is 0 Å². The first-order valence-electron chi connectivity index (χ1n) is 5.68. The first-order chi connectivity index (χ1) is 9.60. The number of benzene rings is 1. The lowest BCUT2D eigenvalue weighted by atomic mass is 10.2. The molecule has 0 saturated carbocycles. The first kappa shape index (κ1) is 13.3. The van der Waals surface area contributed by atoms with Gasteiger partial charge in [0.2, 0.25) is 0 Å². The number of carboxylic acid groups (broad SMARTS) is 1. The van der Waals surface area contributed by atoms with Crippen molar-refractivity contribution in [2.45, 2.75) is 0 Å². The molecule has 0 aliphatic carbocycles. The maximum Gasteiger partial charge on any atom is 0.354 e. The molecule has 0 saturated heterocycles. The summed E-state index contributed by atoms with van der Waals surface area (Å²) in [5, 5.41) is 11.4. The number of amides is 1. The van der Waals surface area contributed by atoms with E-state index in [-0.39, 0.29) is 11.4 Å². The minimum atomic E-state index is -1.19. The lowest BCUT2D eigenvalue weighted by Crippen LogP contribution is -2.15. The molecule has 2 aromatic rings. The predicted molar refractivity (Wildman–Crippen MR) is 73.5 cm³/mol. The molecule has 0 atom stereocenters. The van der Waals surface area contributed by atoms with Gasteiger partial charge in [-0.05, 0) is 30.3 Å². The van der Waals surface area contributed by atoms with Crippen molar-refractivity contribution in [1.82, 2.24) is 4.98 Å². The Morgan fingerprint density at radius 2 is 1.85 bits per heavy atom. The fraction of sp³-hybridized carbons (Fsp3) is 0. The van der Waals surface area contributed by atoms with Gasteiger partial charge in [0.05, 0.1) is 0 Å². The quantitative estimate of drug-likeness (QED) is 0.833. The Labute approximate surface area is 115 Å². The van der Waals surface area contributed by atoms with E-state index in [2.05, 4.69) is 16.2 Å². The molecule has 2 N–H and O–H groups in total. The van der Waals surface area contributed by atoms with Gasteiger partial charge in [-0.2, -0.15) is 0 Å². The Morgan fingerprint density at radius 3 is 2.55 bits per heavy atom. The third kappa shape index (κ3) is 3.00. The Kier molecular flexibility index (Phi) is 3.77. The first-order valence-corrected chi connectivity index (χ1v) is 5.68. The fourth-order valence-corrected chi connectivity index (χ4v) is 1.56. The number of carbonyl (C=O) groups excluding carboxylic acids is 1. The predicted octanol–water partition coefficient (Wildman–Crippen LogP) is 2.01. The van der Waals surface area contributed by atoms with Crippen LogP contribution in [0.25, 0.3) is 0 Å². The molecule has 0 spiro atoms. The summed E-state index contributed by atoms with van der Waals surface area (Å²) in [7, 11) is 0. The van der Waals surface area contributed by atoms with Crippen molar-refractivity contribution in [3.8, 4) is 12.3 Å². The van der Waals surface area contributed by atoms with Crippen LogP contribution in [0.1, 0.15) is 26.5 Å². The van der Waals surface area contributed by atoms with Crippen molar-refractivity contribution in [3.05, 3.63) is 59.4 Å². The maximum absolute atomic E-state index is 12.0. The number of aromatic carboxylic acids is 1. The van der Waals surface area contributed by atoms with Gasteiger partial charge in [-0.25, -0.2) is 9.78 Å². The Bertz CT molecular complexity index is 717. The summed E-state index contributed by atoms with van der Waals surface area (Å²) in [5.41, 5.74) is 0.995. The minimum absolute atomic E-state index is 0.0241. The van der Waals surface area contributed by atoms with Crippen LogP contribution in [0.2, 0.25) is 0 Å². The molecule has 0 aliphatic rings. The number of carboxylic acids is 1. The summed E-state index contributed by atoms with van der Waals surface area (Å²) in [6, 6.07) is 11.0. The average molecular weight is 266 g/mol. The van der Waals surface area contributed by atoms with Crippen molar-refractivity contribution in [3.63, 3.8) is 0 Å². The van der Waals surface area contributed by atoms with Gasteiger partial charge in [0.1, 0.15) is 11.4 Å². The SMILES string of the molecule is C#Cc1cccc(NC(=O)c2cccc(C(=O)O)n2)c1. The van der Waals surface area contributed by atoms with E-state index >= 15 is 0 Å². The van der Waals surface area contributed by atoms with E-state index in [9.17, 15) is 9.59 Å². The average Bonchev–Trinajstić information content (AvgIpc) is 2.47. The van der Waals surface area contributed by atoms with E-state index in [0.717, 1.165) is 0 Å². The molecule has 0 unspecified atom stereocenters. The van der Waals surface area contributed by atoms with Crippen LogP contribution in [-0.2, 0) is 0 Å². The van der Waals surface area contributed by atoms with E-state index in [1.54, 1.807) is 24.3 Å². The van der Waals surface area contributed by atoms with Gasteiger partial charge < -0.3 is 10.4 Å². The van der Waals surface area contributed by atoms with Crippen molar-refractivity contribution < 1.29 is 14.7 Å². The van der Waals surface area contributed by atoms with E-state index in [1.165, 1.54) is 18.2 Å². The molecule has 1 amide bonds. The lowest BCUT2D eigenvalue weighted by molar-refractivity contribution is 0.0690. The molecule has 5 nitrogen and oxygen atoms in total. The molecule has 0 radical (unpaired) electrons. The van der Waals surface area contributed by atoms with Crippen molar-refractivity contribution in [2.24, 2.45) is 0 Å². The topological polar surface area (TPSA) is 79.3 Å². The number of nitrogens with one attached hydrogen (secondary N) is 1. The van der Waals surface area contributed by atoms with Crippen LogP contribution in [0.15, 0.2) is 42.5 Å². The van der Waals surface area contributed by atoms with E-state index < -0.39 is 11.9 Å². The highest BCUT2D eigenvalue weighted by atomic mass is 16.4. The van der Waals surface area contributed by atoms with Gasteiger partial charge in [-0.1, -0.05) is 18.1 Å². The molecule has 20 heavy (non-hydrogen) atoms. The molecule has 0 bridgehead atoms. The summed E-state index contributed by atoms with van der Waals surface area (Å²) in [6.45, 7) is 0. The zero-order chi connectivity index (χ0) is 14.5. The summed E-state index contributed by atoms with van der Waals surface area (Å²) in [4.78, 5) is 26.5. The van der Waals surface area contributed by atoms with Gasteiger partial charge in [0.15, 0.2) is 0 Å². The van der Waals surface area contributed by atoms with Crippen molar-refractivity contribution in [2.75, 3.05) is 5.32 Å². The molecular weight excluding hydrogens is 256 g/mol. The van der Waals surface area contributed by atoms with E-state index in [0.29, 0.717) is 11.3 Å². The molecule has 2 rings (SSSR count). The standard InChI is InChI=1S/C15H10N2O3/c1-2-10-5-3-6-11(9-10)16-14(18)12-7-4-8-13(17-12)15(19)20/h1,3-9H,(H,16,18)(H,19,20). The molecule has 5 heteroatoms. The summed E-state index contributed by atoms with van der Waals surface area (Å²) in [6.07, 6.45) is 5.27. The monoisotopic (exact) mass is 266 g/mol. The third-order valence-corrected chi connectivity index (χ3v) is 2.49. The highest BCUT2D eigenvalue weighted by Crippen LogP contribution is 2.11. The summed E-state index contributed by atoms with van der Waals surface area (Å²) < 4.78 is 0. The van der Waals surface area contributed by atoms with Crippen LogP contribution in [-0.4, -0.2) is 22.0 Å². The smallest absolute Gasteiger partial charge is 0.354 e. The highest BCUT2D eigenvalue weighted by Gasteiger charge is 2.11. The molecule has 1 aromatic carbocycles. The van der Waals surface area contributed by atoms with Gasteiger partial charge in [0.25, 0.3) is 5.91 Å². The largest absolute Gasteiger partial charge is 0.477 e. The second-order valence-electron chi connectivity index (χ2n) is 3.89. The Hall–Kier alpha value is -3.13. The van der Waals surface area contributed by atoms with Crippen LogP contribution in [0.3, 0.4) is 0 Å². The van der Waals surface area contributed by atoms with Gasteiger partial charge in [-0.15, -0.1) is 6.42 Å². The molecule has 1 aromatic heterocycles. The maximum atomic E-state index is 12.0. The molecule has 0 fully saturated rings. The molecule has 98 valence electrons. The van der Waals surface area contributed by atoms with Gasteiger partial charge >= 0.3 is 5.97 Å². The summed E-state index contributed by atoms with van der Waals surface area (Å²) in [5.74, 6) is 0.776. The number of aromatic nitrogens is 1. The van der Waals surface area contributed by atoms with E-state index in [1.807, 2.05) is 0 Å². The molecule has 0 aliphatic heterocycles. The second kappa shape index (κ2) is 5.67. The number of pyridine rings is 1. The van der Waals surface area contributed by atoms with Crippen LogP contribution in [0, 0.1) is 12.3 Å². The van der Waals surface area contributed by atoms with Crippen molar-refractivity contribution >= 4 is 17.6 Å². The third-order valence-electron chi connectivity index (χ3n) is 2.49. The zero-order valence-corrected chi connectivity index (χ0v) is 10.3. The van der Waals surface area contributed by atoms with E-state index in [4.69, 9.17) is 11.5 Å². The number of terminal acetylenes is 1. The molecule has 1 heterocycles. The minimum Gasteiger partial charge on any atom is -0.477 e. The Morgan fingerprint density at radius 1 is 1.15 bits per heavy atom. The highest BCUT2D eigenvalue weighted by molar-refractivity contribution is 6.03. The van der Waals surface area contributed by atoms with Gasteiger partial charge in [0, 0.05) is 11.3 Å².